The summed E-state index contributed by atoms with van der Waals surface area (Å²) in [6, 6.07) is 5.31. The first-order valence-electron chi connectivity index (χ1n) is 6.38. The third kappa shape index (κ3) is 3.52. The van der Waals surface area contributed by atoms with E-state index in [9.17, 15) is 21.6 Å². The van der Waals surface area contributed by atoms with Crippen molar-refractivity contribution in [3.8, 4) is 0 Å². The van der Waals surface area contributed by atoms with Crippen LogP contribution < -0.4 is 5.32 Å². The van der Waals surface area contributed by atoms with E-state index in [-0.39, 0.29) is 24.4 Å². The second-order valence-electron chi connectivity index (χ2n) is 4.92. The van der Waals surface area contributed by atoms with Gasteiger partial charge in [-0.05, 0) is 24.5 Å². The largest absolute Gasteiger partial charge is 0.416 e. The van der Waals surface area contributed by atoms with Gasteiger partial charge in [0.15, 0.2) is 9.84 Å². The number of nitrogens with one attached hydrogen (secondary N) is 1. The fourth-order valence-electron chi connectivity index (χ4n) is 2.41. The van der Waals surface area contributed by atoms with Crippen molar-refractivity contribution in [2.24, 2.45) is 0 Å². The highest BCUT2D eigenvalue weighted by Gasteiger charge is 2.33. The van der Waals surface area contributed by atoms with Crippen molar-refractivity contribution < 1.29 is 21.6 Å². The summed E-state index contributed by atoms with van der Waals surface area (Å²) in [4.78, 5) is 0. The molecule has 7 heteroatoms. The monoisotopic (exact) mass is 307 g/mol. The van der Waals surface area contributed by atoms with E-state index in [1.807, 2.05) is 0 Å². The molecule has 0 aliphatic carbocycles. The molecule has 0 saturated carbocycles. The van der Waals surface area contributed by atoms with Crippen LogP contribution in [0, 0.1) is 0 Å². The normalized spacial score (nSPS) is 22.1. The summed E-state index contributed by atoms with van der Waals surface area (Å²) in [6.07, 6.45) is -3.18. The number of hydrogen-bond acceptors (Lipinski definition) is 3. The lowest BCUT2D eigenvalue weighted by Gasteiger charge is -2.15. The number of halogens is 3. The molecule has 0 spiro atoms. The van der Waals surface area contributed by atoms with E-state index in [1.165, 1.54) is 12.1 Å². The van der Waals surface area contributed by atoms with Crippen LogP contribution in [0.4, 0.5) is 13.2 Å². The Hall–Kier alpha value is -1.08. The molecule has 0 bridgehead atoms. The molecule has 2 rings (SSSR count). The molecular weight excluding hydrogens is 291 g/mol. The van der Waals surface area contributed by atoms with Gasteiger partial charge in [0.1, 0.15) is 0 Å². The molecule has 1 fully saturated rings. The fourth-order valence-corrected chi connectivity index (χ4v) is 4.21. The van der Waals surface area contributed by atoms with Gasteiger partial charge in [-0.3, -0.25) is 0 Å². The first kappa shape index (κ1) is 15.3. The van der Waals surface area contributed by atoms with Crippen LogP contribution in [0.2, 0.25) is 0 Å². The molecule has 1 aliphatic heterocycles. The Balaban J connectivity index is 1.98. The van der Waals surface area contributed by atoms with Crippen molar-refractivity contribution in [2.75, 3.05) is 12.3 Å². The lowest BCUT2D eigenvalue weighted by molar-refractivity contribution is -0.138. The molecule has 0 aromatic heterocycles. The van der Waals surface area contributed by atoms with Crippen LogP contribution in [0.1, 0.15) is 24.0 Å². The molecule has 3 nitrogen and oxygen atoms in total. The minimum absolute atomic E-state index is 0.0156. The lowest BCUT2D eigenvalue weighted by atomic mass is 10.1. The van der Waals surface area contributed by atoms with Crippen molar-refractivity contribution in [2.45, 2.75) is 30.8 Å². The number of sulfone groups is 1. The minimum Gasteiger partial charge on any atom is -0.311 e. The minimum atomic E-state index is -4.39. The average molecular weight is 307 g/mol. The zero-order chi connectivity index (χ0) is 14.8. The van der Waals surface area contributed by atoms with Crippen molar-refractivity contribution in [1.82, 2.24) is 5.32 Å². The standard InChI is InChI=1S/C13H16F3NO2S/c14-13(15,16)12-6-2-1-4-10(12)8-17-9-11-5-3-7-20(11,18)19/h1-2,4,6,11,17H,3,5,7-9H2. The highest BCUT2D eigenvalue weighted by molar-refractivity contribution is 7.92. The molecule has 1 atom stereocenters. The highest BCUT2D eigenvalue weighted by atomic mass is 32.2. The van der Waals surface area contributed by atoms with Gasteiger partial charge in [0.2, 0.25) is 0 Å². The van der Waals surface area contributed by atoms with E-state index in [2.05, 4.69) is 5.32 Å². The van der Waals surface area contributed by atoms with Gasteiger partial charge >= 0.3 is 6.18 Å². The Kier molecular flexibility index (Phi) is 4.39. The average Bonchev–Trinajstić information content (AvgIpc) is 2.68. The quantitative estimate of drug-likeness (QED) is 0.929. The summed E-state index contributed by atoms with van der Waals surface area (Å²) >= 11 is 0. The molecular formula is C13H16F3NO2S. The maximum Gasteiger partial charge on any atom is 0.416 e. The smallest absolute Gasteiger partial charge is 0.311 e. The van der Waals surface area contributed by atoms with Gasteiger partial charge in [-0.15, -0.1) is 0 Å². The van der Waals surface area contributed by atoms with Gasteiger partial charge in [0.05, 0.1) is 16.6 Å². The predicted molar refractivity (Wildman–Crippen MR) is 70.0 cm³/mol. The predicted octanol–water partition coefficient (Wildman–Crippen LogP) is 2.37. The van der Waals surface area contributed by atoms with Crippen molar-refractivity contribution in [3.05, 3.63) is 35.4 Å². The number of alkyl halides is 3. The third-order valence-corrected chi connectivity index (χ3v) is 5.75. The maximum atomic E-state index is 12.8. The second kappa shape index (κ2) is 5.73. The summed E-state index contributed by atoms with van der Waals surface area (Å²) in [5, 5.41) is 2.36. The molecule has 1 heterocycles. The van der Waals surface area contributed by atoms with Crippen LogP contribution in [0.25, 0.3) is 0 Å². The molecule has 20 heavy (non-hydrogen) atoms. The summed E-state index contributed by atoms with van der Waals surface area (Å²) in [7, 11) is -3.06. The van der Waals surface area contributed by atoms with Crippen molar-refractivity contribution in [3.63, 3.8) is 0 Å². The molecule has 1 N–H and O–H groups in total. The SMILES string of the molecule is O=S1(=O)CCCC1CNCc1ccccc1C(F)(F)F. The van der Waals surface area contributed by atoms with E-state index in [0.29, 0.717) is 12.8 Å². The highest BCUT2D eigenvalue weighted by Crippen LogP contribution is 2.31. The van der Waals surface area contributed by atoms with Crippen LogP contribution in [-0.2, 0) is 22.6 Å². The number of benzene rings is 1. The molecule has 1 aromatic carbocycles. The first-order chi connectivity index (χ1) is 9.31. The Morgan fingerprint density at radius 1 is 1.25 bits per heavy atom. The van der Waals surface area contributed by atoms with Gasteiger partial charge in [0.25, 0.3) is 0 Å². The summed E-state index contributed by atoms with van der Waals surface area (Å²) < 4.78 is 61.5. The molecule has 1 aliphatic rings. The van der Waals surface area contributed by atoms with Crippen molar-refractivity contribution in [1.29, 1.82) is 0 Å². The molecule has 0 amide bonds. The summed E-state index contributed by atoms with van der Waals surface area (Å²) in [5.41, 5.74) is -0.544. The van der Waals surface area contributed by atoms with E-state index in [0.717, 1.165) is 6.07 Å². The van der Waals surface area contributed by atoms with Crippen LogP contribution in [-0.4, -0.2) is 26.0 Å². The van der Waals surface area contributed by atoms with E-state index < -0.39 is 26.8 Å². The van der Waals surface area contributed by atoms with E-state index in [1.54, 1.807) is 6.07 Å². The summed E-state index contributed by atoms with van der Waals surface area (Å²) in [5.74, 6) is 0.179. The molecule has 1 unspecified atom stereocenters. The second-order valence-corrected chi connectivity index (χ2v) is 7.32. The van der Waals surface area contributed by atoms with Crippen molar-refractivity contribution >= 4 is 9.84 Å². The zero-order valence-electron chi connectivity index (χ0n) is 10.8. The molecule has 1 saturated heterocycles. The zero-order valence-corrected chi connectivity index (χ0v) is 11.6. The van der Waals surface area contributed by atoms with E-state index in [4.69, 9.17) is 0 Å². The third-order valence-electron chi connectivity index (χ3n) is 3.47. The Labute approximate surface area is 116 Å². The maximum absolute atomic E-state index is 12.8. The van der Waals surface area contributed by atoms with Gasteiger partial charge < -0.3 is 5.32 Å². The topological polar surface area (TPSA) is 46.2 Å². The van der Waals surface area contributed by atoms with Gasteiger partial charge in [-0.2, -0.15) is 13.2 Å². The summed E-state index contributed by atoms with van der Waals surface area (Å²) in [6.45, 7) is 0.218. The van der Waals surface area contributed by atoms with Gasteiger partial charge in [-0.25, -0.2) is 8.42 Å². The van der Waals surface area contributed by atoms with Crippen LogP contribution in [0.5, 0.6) is 0 Å². The van der Waals surface area contributed by atoms with Crippen LogP contribution in [0.15, 0.2) is 24.3 Å². The Bertz CT molecular complexity index is 569. The van der Waals surface area contributed by atoms with E-state index >= 15 is 0 Å². The number of rotatable bonds is 4. The van der Waals surface area contributed by atoms with Crippen LogP contribution in [0.3, 0.4) is 0 Å². The molecule has 0 radical (unpaired) electrons. The fraction of sp³-hybridized carbons (Fsp3) is 0.538. The molecule has 1 aromatic rings. The Morgan fingerprint density at radius 2 is 1.95 bits per heavy atom. The molecule has 112 valence electrons. The van der Waals surface area contributed by atoms with Gasteiger partial charge in [0, 0.05) is 13.1 Å². The number of hydrogen-bond donors (Lipinski definition) is 1. The van der Waals surface area contributed by atoms with Crippen LogP contribution >= 0.6 is 0 Å². The lowest BCUT2D eigenvalue weighted by Crippen LogP contribution is -2.30. The first-order valence-corrected chi connectivity index (χ1v) is 8.09. The Morgan fingerprint density at radius 3 is 2.55 bits per heavy atom. The van der Waals surface area contributed by atoms with Gasteiger partial charge in [-0.1, -0.05) is 18.2 Å².